The third kappa shape index (κ3) is 4.00. The molecule has 2 aliphatic carbocycles. The van der Waals surface area contributed by atoms with E-state index < -0.39 is 6.10 Å². The monoisotopic (exact) mass is 350 g/mol. The van der Waals surface area contributed by atoms with Gasteiger partial charge in [0, 0.05) is 18.4 Å². The highest BCUT2D eigenvalue weighted by atomic mass is 19.1. The standard InChI is InChI=1S/C18H23FN2O4/c1-10-14(9-15(10)19)17(22)21-16-7-3-6-13(16)11-4-2-5-12(8-11)25-18(20,23)24/h2,4-5,8,13-14,16,23-24H,3,6-7,9,20H2,1H3,(H,21,22). The molecule has 0 bridgehead atoms. The highest BCUT2D eigenvalue weighted by molar-refractivity contribution is 5.84. The molecule has 1 amide bonds. The minimum atomic E-state index is -2.74. The molecule has 0 heterocycles. The van der Waals surface area contributed by atoms with E-state index >= 15 is 0 Å². The zero-order chi connectivity index (χ0) is 18.2. The minimum Gasteiger partial charge on any atom is -0.427 e. The molecule has 6 nitrogen and oxygen atoms in total. The van der Waals surface area contributed by atoms with Crippen LogP contribution in [-0.4, -0.2) is 28.3 Å². The molecule has 1 saturated carbocycles. The smallest absolute Gasteiger partial charge is 0.389 e. The Balaban J connectivity index is 1.69. The van der Waals surface area contributed by atoms with E-state index in [1.807, 2.05) is 6.07 Å². The fourth-order valence-electron chi connectivity index (χ4n) is 3.64. The quantitative estimate of drug-likeness (QED) is 0.604. The number of halogens is 1. The molecule has 0 radical (unpaired) electrons. The maximum atomic E-state index is 13.2. The van der Waals surface area contributed by atoms with Crippen LogP contribution in [0.15, 0.2) is 35.7 Å². The van der Waals surface area contributed by atoms with E-state index in [2.05, 4.69) is 5.32 Å². The van der Waals surface area contributed by atoms with E-state index in [1.54, 1.807) is 25.1 Å². The second-order valence-corrected chi connectivity index (χ2v) is 6.83. The van der Waals surface area contributed by atoms with Crippen molar-refractivity contribution in [3.05, 3.63) is 41.2 Å². The molecule has 136 valence electrons. The van der Waals surface area contributed by atoms with Gasteiger partial charge in [-0.1, -0.05) is 18.6 Å². The Morgan fingerprint density at radius 3 is 2.80 bits per heavy atom. The van der Waals surface area contributed by atoms with Crippen molar-refractivity contribution in [1.29, 1.82) is 0 Å². The summed E-state index contributed by atoms with van der Waals surface area (Å²) in [7, 11) is 0. The molecule has 3 rings (SSSR count). The number of carbonyl (C=O) groups excluding carboxylic acids is 1. The Labute approximate surface area is 145 Å². The number of rotatable bonds is 5. The van der Waals surface area contributed by atoms with Crippen LogP contribution in [0.5, 0.6) is 5.75 Å². The van der Waals surface area contributed by atoms with Gasteiger partial charge in [-0.25, -0.2) is 10.1 Å². The van der Waals surface area contributed by atoms with Crippen molar-refractivity contribution >= 4 is 5.91 Å². The summed E-state index contributed by atoms with van der Waals surface area (Å²) in [6.45, 7) is 1.65. The number of allylic oxidation sites excluding steroid dienone is 1. The summed E-state index contributed by atoms with van der Waals surface area (Å²) < 4.78 is 18.1. The van der Waals surface area contributed by atoms with Crippen LogP contribution in [0, 0.1) is 5.92 Å². The summed E-state index contributed by atoms with van der Waals surface area (Å²) in [5.41, 5.74) is 6.49. The first-order valence-corrected chi connectivity index (χ1v) is 8.42. The molecular weight excluding hydrogens is 327 g/mol. The number of carbonyl (C=O) groups is 1. The maximum absolute atomic E-state index is 13.2. The van der Waals surface area contributed by atoms with Gasteiger partial charge < -0.3 is 20.3 Å². The average molecular weight is 350 g/mol. The van der Waals surface area contributed by atoms with Gasteiger partial charge in [0.2, 0.25) is 5.91 Å². The van der Waals surface area contributed by atoms with Gasteiger partial charge in [0.15, 0.2) is 0 Å². The van der Waals surface area contributed by atoms with Crippen molar-refractivity contribution in [1.82, 2.24) is 5.32 Å². The minimum absolute atomic E-state index is 0.0369. The molecule has 0 spiro atoms. The number of ether oxygens (including phenoxy) is 1. The number of amides is 1. The molecule has 7 heteroatoms. The van der Waals surface area contributed by atoms with Gasteiger partial charge in [-0.15, -0.1) is 0 Å². The predicted octanol–water partition coefficient (Wildman–Crippen LogP) is 1.64. The van der Waals surface area contributed by atoms with Crippen LogP contribution >= 0.6 is 0 Å². The Bertz CT molecular complexity index is 699. The van der Waals surface area contributed by atoms with Crippen LogP contribution in [0.2, 0.25) is 0 Å². The molecule has 1 aromatic rings. The van der Waals surface area contributed by atoms with Gasteiger partial charge in [0.25, 0.3) is 0 Å². The van der Waals surface area contributed by atoms with Gasteiger partial charge in [-0.2, -0.15) is 0 Å². The van der Waals surface area contributed by atoms with E-state index in [-0.39, 0.29) is 41.8 Å². The van der Waals surface area contributed by atoms with Crippen molar-refractivity contribution in [2.75, 3.05) is 0 Å². The van der Waals surface area contributed by atoms with E-state index in [4.69, 9.17) is 20.7 Å². The lowest BCUT2D eigenvalue weighted by Gasteiger charge is -2.29. The van der Waals surface area contributed by atoms with Crippen molar-refractivity contribution < 1.29 is 24.1 Å². The van der Waals surface area contributed by atoms with Crippen LogP contribution < -0.4 is 15.8 Å². The molecule has 1 aromatic carbocycles. The van der Waals surface area contributed by atoms with Crippen LogP contribution in [0.25, 0.3) is 0 Å². The summed E-state index contributed by atoms with van der Waals surface area (Å²) in [6.07, 6.45) is 0.161. The highest BCUT2D eigenvalue weighted by Crippen LogP contribution is 2.38. The van der Waals surface area contributed by atoms with Crippen LogP contribution in [-0.2, 0) is 4.79 Å². The number of nitrogens with one attached hydrogen (secondary N) is 1. The number of aliphatic hydroxyl groups is 2. The van der Waals surface area contributed by atoms with Crippen LogP contribution in [0.3, 0.4) is 0 Å². The first-order valence-electron chi connectivity index (χ1n) is 8.42. The topological polar surface area (TPSA) is 105 Å². The lowest BCUT2D eigenvalue weighted by atomic mass is 9.83. The predicted molar refractivity (Wildman–Crippen MR) is 88.9 cm³/mol. The highest BCUT2D eigenvalue weighted by Gasteiger charge is 2.36. The first kappa shape index (κ1) is 17.8. The van der Waals surface area contributed by atoms with Crippen molar-refractivity contribution in [3.63, 3.8) is 0 Å². The summed E-state index contributed by atoms with van der Waals surface area (Å²) in [6, 6.07) is 6.87. The Morgan fingerprint density at radius 2 is 2.16 bits per heavy atom. The van der Waals surface area contributed by atoms with Crippen molar-refractivity contribution in [2.24, 2.45) is 11.7 Å². The number of benzene rings is 1. The second kappa shape index (κ2) is 6.74. The first-order chi connectivity index (χ1) is 11.7. The van der Waals surface area contributed by atoms with Gasteiger partial charge in [-0.05, 0) is 43.0 Å². The summed E-state index contributed by atoms with van der Waals surface area (Å²) in [4.78, 5) is 12.3. The van der Waals surface area contributed by atoms with Gasteiger partial charge >= 0.3 is 6.10 Å². The lowest BCUT2D eigenvalue weighted by Crippen LogP contribution is -2.45. The third-order valence-corrected chi connectivity index (χ3v) is 5.05. The van der Waals surface area contributed by atoms with E-state index in [9.17, 15) is 9.18 Å². The Kier molecular flexibility index (Phi) is 4.81. The Morgan fingerprint density at radius 1 is 1.40 bits per heavy atom. The molecule has 0 saturated heterocycles. The largest absolute Gasteiger partial charge is 0.427 e. The third-order valence-electron chi connectivity index (χ3n) is 5.05. The summed E-state index contributed by atoms with van der Waals surface area (Å²) in [5.74, 6) is -0.355. The molecule has 2 aliphatic rings. The zero-order valence-corrected chi connectivity index (χ0v) is 14.0. The Hall–Kier alpha value is -1.96. The fourth-order valence-corrected chi connectivity index (χ4v) is 3.64. The number of hydrogen-bond donors (Lipinski definition) is 4. The molecular formula is C18H23FN2O4. The average Bonchev–Trinajstić information content (AvgIpc) is 2.98. The molecule has 0 aromatic heterocycles. The molecule has 5 N–H and O–H groups in total. The maximum Gasteiger partial charge on any atom is 0.389 e. The molecule has 3 unspecified atom stereocenters. The van der Waals surface area contributed by atoms with Crippen molar-refractivity contribution in [2.45, 2.75) is 50.7 Å². The normalized spacial score (nSPS) is 26.4. The van der Waals surface area contributed by atoms with E-state index in [0.29, 0.717) is 5.57 Å². The molecule has 1 fully saturated rings. The zero-order valence-electron chi connectivity index (χ0n) is 14.0. The summed E-state index contributed by atoms with van der Waals surface area (Å²) in [5, 5.41) is 21.4. The molecule has 0 aliphatic heterocycles. The lowest BCUT2D eigenvalue weighted by molar-refractivity contribution is -0.287. The van der Waals surface area contributed by atoms with Gasteiger partial charge in [0.1, 0.15) is 11.6 Å². The van der Waals surface area contributed by atoms with E-state index in [1.165, 1.54) is 0 Å². The SMILES string of the molecule is CC1=C(F)CC1C(=O)NC1CCCC1c1cccc(OC(N)(O)O)c1. The number of nitrogens with two attached hydrogens (primary N) is 1. The summed E-state index contributed by atoms with van der Waals surface area (Å²) >= 11 is 0. The van der Waals surface area contributed by atoms with Gasteiger partial charge in [-0.3, -0.25) is 4.79 Å². The second-order valence-electron chi connectivity index (χ2n) is 6.83. The number of hydrogen-bond acceptors (Lipinski definition) is 5. The van der Waals surface area contributed by atoms with Gasteiger partial charge in [0.05, 0.1) is 5.92 Å². The fraction of sp³-hybridized carbons (Fsp3) is 0.500. The van der Waals surface area contributed by atoms with Crippen LogP contribution in [0.4, 0.5) is 4.39 Å². The van der Waals surface area contributed by atoms with Crippen molar-refractivity contribution in [3.8, 4) is 5.75 Å². The molecule has 3 atom stereocenters. The van der Waals surface area contributed by atoms with Crippen LogP contribution in [0.1, 0.15) is 44.1 Å². The van der Waals surface area contributed by atoms with E-state index in [0.717, 1.165) is 24.8 Å². The molecule has 25 heavy (non-hydrogen) atoms.